The van der Waals surface area contributed by atoms with Crippen LogP contribution in [0.3, 0.4) is 0 Å². The van der Waals surface area contributed by atoms with E-state index in [0.717, 1.165) is 18.1 Å². The highest BCUT2D eigenvalue weighted by molar-refractivity contribution is 7.09. The molecule has 4 nitrogen and oxygen atoms in total. The van der Waals surface area contributed by atoms with Gasteiger partial charge >= 0.3 is 0 Å². The van der Waals surface area contributed by atoms with Crippen molar-refractivity contribution in [3.8, 4) is 0 Å². The summed E-state index contributed by atoms with van der Waals surface area (Å²) in [5, 5.41) is 4.20. The van der Waals surface area contributed by atoms with Gasteiger partial charge in [-0.1, -0.05) is 0 Å². The molecular weight excluding hydrogens is 184 g/mol. The van der Waals surface area contributed by atoms with Crippen LogP contribution in [0.5, 0.6) is 0 Å². The topological polar surface area (TPSA) is 41.0 Å². The lowest BCUT2D eigenvalue weighted by atomic mass is 10.2. The first-order valence-electron chi connectivity index (χ1n) is 4.36. The molecule has 0 fully saturated rings. The fraction of sp³-hybridized carbons (Fsp3) is 0.750. The SMILES string of the molecule is CC(CCN(C)C)Nc1ncns1. The molecule has 0 saturated heterocycles. The monoisotopic (exact) mass is 200 g/mol. The highest BCUT2D eigenvalue weighted by Gasteiger charge is 2.03. The van der Waals surface area contributed by atoms with Gasteiger partial charge in [0, 0.05) is 17.6 Å². The Morgan fingerprint density at radius 1 is 1.62 bits per heavy atom. The Morgan fingerprint density at radius 3 is 2.92 bits per heavy atom. The van der Waals surface area contributed by atoms with Gasteiger partial charge < -0.3 is 10.2 Å². The average molecular weight is 200 g/mol. The van der Waals surface area contributed by atoms with Crippen LogP contribution in [0.1, 0.15) is 13.3 Å². The quantitative estimate of drug-likeness (QED) is 0.777. The third-order valence-corrected chi connectivity index (χ3v) is 2.34. The predicted molar refractivity (Wildman–Crippen MR) is 56.2 cm³/mol. The number of hydrogen-bond donors (Lipinski definition) is 1. The zero-order valence-corrected chi connectivity index (χ0v) is 9.14. The number of rotatable bonds is 5. The fourth-order valence-corrected chi connectivity index (χ4v) is 1.51. The van der Waals surface area contributed by atoms with Crippen molar-refractivity contribution in [1.29, 1.82) is 0 Å². The molecule has 0 saturated carbocycles. The Bertz CT molecular complexity index is 222. The van der Waals surface area contributed by atoms with Crippen molar-refractivity contribution in [1.82, 2.24) is 14.3 Å². The van der Waals surface area contributed by atoms with E-state index in [1.54, 1.807) is 6.33 Å². The third-order valence-electron chi connectivity index (χ3n) is 1.74. The van der Waals surface area contributed by atoms with Gasteiger partial charge in [-0.15, -0.1) is 0 Å². The summed E-state index contributed by atoms with van der Waals surface area (Å²) in [4.78, 5) is 6.24. The smallest absolute Gasteiger partial charge is 0.202 e. The molecule has 0 aliphatic heterocycles. The third kappa shape index (κ3) is 4.19. The van der Waals surface area contributed by atoms with Gasteiger partial charge in [-0.25, -0.2) is 4.98 Å². The maximum Gasteiger partial charge on any atom is 0.202 e. The Morgan fingerprint density at radius 2 is 2.38 bits per heavy atom. The van der Waals surface area contributed by atoms with E-state index < -0.39 is 0 Å². The largest absolute Gasteiger partial charge is 0.358 e. The summed E-state index contributed by atoms with van der Waals surface area (Å²) in [7, 11) is 4.16. The molecule has 0 aromatic carbocycles. The van der Waals surface area contributed by atoms with Crippen LogP contribution in [0.4, 0.5) is 5.13 Å². The van der Waals surface area contributed by atoms with Gasteiger partial charge in [0.25, 0.3) is 0 Å². The molecule has 0 amide bonds. The van der Waals surface area contributed by atoms with E-state index in [1.807, 2.05) is 0 Å². The summed E-state index contributed by atoms with van der Waals surface area (Å²) in [6.07, 6.45) is 2.69. The molecule has 74 valence electrons. The van der Waals surface area contributed by atoms with Crippen LogP contribution in [0.2, 0.25) is 0 Å². The molecule has 5 heteroatoms. The fourth-order valence-electron chi connectivity index (χ4n) is 0.971. The van der Waals surface area contributed by atoms with E-state index in [2.05, 4.69) is 40.6 Å². The number of nitrogens with zero attached hydrogens (tertiary/aromatic N) is 3. The Balaban J connectivity index is 2.22. The predicted octanol–water partition coefficient (Wildman–Crippen LogP) is 1.29. The van der Waals surface area contributed by atoms with Crippen LogP contribution in [0, 0.1) is 0 Å². The van der Waals surface area contributed by atoms with Crippen molar-refractivity contribution in [2.45, 2.75) is 19.4 Å². The first kappa shape index (κ1) is 10.4. The molecule has 0 aliphatic rings. The molecule has 0 radical (unpaired) electrons. The van der Waals surface area contributed by atoms with Crippen LogP contribution in [0.15, 0.2) is 6.33 Å². The van der Waals surface area contributed by atoms with Gasteiger partial charge in [0.2, 0.25) is 5.13 Å². The van der Waals surface area contributed by atoms with E-state index in [1.165, 1.54) is 11.5 Å². The van der Waals surface area contributed by atoms with E-state index in [9.17, 15) is 0 Å². The van der Waals surface area contributed by atoms with Gasteiger partial charge in [-0.3, -0.25) is 0 Å². The van der Waals surface area contributed by atoms with Crippen molar-refractivity contribution >= 4 is 16.7 Å². The molecule has 1 unspecified atom stereocenters. The van der Waals surface area contributed by atoms with Gasteiger partial charge in [0.05, 0.1) is 0 Å². The minimum absolute atomic E-state index is 0.454. The maximum atomic E-state index is 4.07. The molecular formula is C8H16N4S. The molecule has 1 heterocycles. The zero-order chi connectivity index (χ0) is 9.68. The van der Waals surface area contributed by atoms with Crippen molar-refractivity contribution < 1.29 is 0 Å². The zero-order valence-electron chi connectivity index (χ0n) is 8.32. The molecule has 1 aromatic rings. The highest BCUT2D eigenvalue weighted by Crippen LogP contribution is 2.09. The van der Waals surface area contributed by atoms with Crippen molar-refractivity contribution in [2.75, 3.05) is 26.0 Å². The molecule has 0 aliphatic carbocycles. The number of hydrogen-bond acceptors (Lipinski definition) is 5. The summed E-state index contributed by atoms with van der Waals surface area (Å²) in [5.41, 5.74) is 0. The van der Waals surface area contributed by atoms with Crippen LogP contribution >= 0.6 is 11.5 Å². The standard InChI is InChI=1S/C8H16N4S/c1-7(4-5-12(2)3)11-8-9-6-10-13-8/h6-7H,4-5H2,1-3H3,(H,9,10,11). The first-order chi connectivity index (χ1) is 6.18. The van der Waals surface area contributed by atoms with E-state index in [-0.39, 0.29) is 0 Å². The first-order valence-corrected chi connectivity index (χ1v) is 5.14. The average Bonchev–Trinajstić information content (AvgIpc) is 2.53. The second kappa shape index (κ2) is 5.14. The summed E-state index contributed by atoms with van der Waals surface area (Å²) < 4.78 is 3.93. The van der Waals surface area contributed by atoms with Crippen molar-refractivity contribution in [3.05, 3.63) is 6.33 Å². The Kier molecular flexibility index (Phi) is 4.11. The maximum absolute atomic E-state index is 4.07. The van der Waals surface area contributed by atoms with E-state index >= 15 is 0 Å². The molecule has 1 aromatic heterocycles. The Labute approximate surface area is 83.2 Å². The van der Waals surface area contributed by atoms with E-state index in [4.69, 9.17) is 0 Å². The molecule has 13 heavy (non-hydrogen) atoms. The summed E-state index contributed by atoms with van der Waals surface area (Å²) in [5.74, 6) is 0. The number of anilines is 1. The van der Waals surface area contributed by atoms with Gasteiger partial charge in [-0.05, 0) is 34.0 Å². The van der Waals surface area contributed by atoms with Crippen LogP contribution in [-0.2, 0) is 0 Å². The Hall–Kier alpha value is -0.680. The minimum Gasteiger partial charge on any atom is -0.358 e. The molecule has 0 spiro atoms. The summed E-state index contributed by atoms with van der Waals surface area (Å²) >= 11 is 1.40. The molecule has 1 N–H and O–H groups in total. The molecule has 1 atom stereocenters. The van der Waals surface area contributed by atoms with Crippen molar-refractivity contribution in [3.63, 3.8) is 0 Å². The minimum atomic E-state index is 0.454. The van der Waals surface area contributed by atoms with Crippen LogP contribution < -0.4 is 5.32 Å². The number of nitrogens with one attached hydrogen (secondary N) is 1. The van der Waals surface area contributed by atoms with Gasteiger partial charge in [0.15, 0.2) is 0 Å². The van der Waals surface area contributed by atoms with Gasteiger partial charge in [0.1, 0.15) is 6.33 Å². The van der Waals surface area contributed by atoms with Crippen molar-refractivity contribution in [2.24, 2.45) is 0 Å². The summed E-state index contributed by atoms with van der Waals surface area (Å²) in [6.45, 7) is 3.25. The normalized spacial score (nSPS) is 13.2. The summed E-state index contributed by atoms with van der Waals surface area (Å²) in [6, 6.07) is 0.454. The lowest BCUT2D eigenvalue weighted by Gasteiger charge is -2.15. The van der Waals surface area contributed by atoms with Gasteiger partial charge in [-0.2, -0.15) is 4.37 Å². The second-order valence-corrected chi connectivity index (χ2v) is 4.16. The van der Waals surface area contributed by atoms with Crippen LogP contribution in [0.25, 0.3) is 0 Å². The van der Waals surface area contributed by atoms with Crippen LogP contribution in [-0.4, -0.2) is 40.9 Å². The lowest BCUT2D eigenvalue weighted by Crippen LogP contribution is -2.22. The molecule has 0 bridgehead atoms. The highest BCUT2D eigenvalue weighted by atomic mass is 32.1. The van der Waals surface area contributed by atoms with E-state index in [0.29, 0.717) is 6.04 Å². The lowest BCUT2D eigenvalue weighted by molar-refractivity contribution is 0.390. The number of aromatic nitrogens is 2. The second-order valence-electron chi connectivity index (χ2n) is 3.38. The molecule has 1 rings (SSSR count).